The Labute approximate surface area is 131 Å². The molecule has 1 amide bonds. The number of quaternary nitrogens is 2. The predicted molar refractivity (Wildman–Crippen MR) is 83.3 cm³/mol. The zero-order chi connectivity index (χ0) is 16.1. The molecule has 0 bridgehead atoms. The van der Waals surface area contributed by atoms with Gasteiger partial charge in [0.15, 0.2) is 6.54 Å². The van der Waals surface area contributed by atoms with Crippen molar-refractivity contribution in [2.75, 3.05) is 52.2 Å². The molecule has 0 atom stereocenters. The van der Waals surface area contributed by atoms with E-state index in [-0.39, 0.29) is 5.91 Å². The summed E-state index contributed by atoms with van der Waals surface area (Å²) in [5.41, 5.74) is 2.05. The molecule has 6 heteroatoms. The molecule has 1 fully saturated rings. The number of carbonyl (C=O) groups excluding carboxylic acids is 2. The first-order valence-corrected chi connectivity index (χ1v) is 7.63. The first-order valence-electron chi connectivity index (χ1n) is 7.63. The Morgan fingerprint density at radius 3 is 2.55 bits per heavy atom. The highest BCUT2D eigenvalue weighted by Crippen LogP contribution is 2.17. The van der Waals surface area contributed by atoms with Gasteiger partial charge in [0.25, 0.3) is 5.91 Å². The minimum absolute atomic E-state index is 0.0142. The van der Waals surface area contributed by atoms with Gasteiger partial charge in [0.2, 0.25) is 0 Å². The second-order valence-corrected chi connectivity index (χ2v) is 5.95. The van der Waals surface area contributed by atoms with Gasteiger partial charge in [-0.05, 0) is 24.6 Å². The van der Waals surface area contributed by atoms with Crippen molar-refractivity contribution in [2.24, 2.45) is 0 Å². The molecule has 1 aromatic carbocycles. The number of benzene rings is 1. The molecule has 1 saturated heterocycles. The molecule has 0 spiro atoms. The third-order valence-corrected chi connectivity index (χ3v) is 4.15. The lowest BCUT2D eigenvalue weighted by Gasteiger charge is -2.26. The maximum absolute atomic E-state index is 12.2. The standard InChI is InChI=1S/C16H23N3O3/c1-12-4-5-13(16(21)22-3)10-14(12)17-15(20)11-19-8-6-18(2)7-9-19/h4-5,10H,6-9,11H2,1-3H3,(H,17,20)/p+2. The summed E-state index contributed by atoms with van der Waals surface area (Å²) < 4.78 is 4.71. The van der Waals surface area contributed by atoms with Crippen LogP contribution in [-0.2, 0) is 9.53 Å². The van der Waals surface area contributed by atoms with E-state index in [2.05, 4.69) is 12.4 Å². The molecular weight excluding hydrogens is 282 g/mol. The van der Waals surface area contributed by atoms with E-state index in [0.29, 0.717) is 17.8 Å². The Morgan fingerprint density at radius 2 is 1.91 bits per heavy atom. The summed E-state index contributed by atoms with van der Waals surface area (Å²) in [6, 6.07) is 5.18. The molecule has 2 rings (SSSR count). The van der Waals surface area contributed by atoms with E-state index < -0.39 is 5.97 Å². The van der Waals surface area contributed by atoms with E-state index in [1.807, 2.05) is 13.0 Å². The van der Waals surface area contributed by atoms with Crippen LogP contribution < -0.4 is 15.1 Å². The topological polar surface area (TPSA) is 64.3 Å². The van der Waals surface area contributed by atoms with Crippen LogP contribution in [0.1, 0.15) is 15.9 Å². The molecule has 0 aliphatic carbocycles. The number of rotatable bonds is 4. The summed E-state index contributed by atoms with van der Waals surface area (Å²) in [6.07, 6.45) is 0. The highest BCUT2D eigenvalue weighted by atomic mass is 16.5. The van der Waals surface area contributed by atoms with E-state index in [4.69, 9.17) is 4.74 Å². The zero-order valence-corrected chi connectivity index (χ0v) is 13.5. The van der Waals surface area contributed by atoms with E-state index in [0.717, 1.165) is 31.7 Å². The number of nitrogens with one attached hydrogen (secondary N) is 3. The summed E-state index contributed by atoms with van der Waals surface area (Å²) in [6.45, 7) is 6.59. The average molecular weight is 307 g/mol. The summed E-state index contributed by atoms with van der Waals surface area (Å²) in [4.78, 5) is 26.6. The molecule has 0 aromatic heterocycles. The summed E-state index contributed by atoms with van der Waals surface area (Å²) in [5.74, 6) is -0.414. The van der Waals surface area contributed by atoms with Crippen LogP contribution in [0.3, 0.4) is 0 Å². The van der Waals surface area contributed by atoms with E-state index in [1.54, 1.807) is 12.1 Å². The van der Waals surface area contributed by atoms with Gasteiger partial charge in [-0.3, -0.25) is 4.79 Å². The van der Waals surface area contributed by atoms with Crippen molar-refractivity contribution in [1.82, 2.24) is 0 Å². The van der Waals surface area contributed by atoms with Crippen molar-refractivity contribution in [2.45, 2.75) is 6.92 Å². The molecule has 6 nitrogen and oxygen atoms in total. The van der Waals surface area contributed by atoms with E-state index >= 15 is 0 Å². The van der Waals surface area contributed by atoms with Crippen LogP contribution in [0.5, 0.6) is 0 Å². The number of methoxy groups -OCH3 is 1. The SMILES string of the molecule is COC(=O)c1ccc(C)c(NC(=O)C[NH+]2CC[NH+](C)CC2)c1. The minimum atomic E-state index is -0.400. The Kier molecular flexibility index (Phi) is 5.51. The van der Waals surface area contributed by atoms with Gasteiger partial charge in [-0.15, -0.1) is 0 Å². The van der Waals surface area contributed by atoms with Gasteiger partial charge in [-0.2, -0.15) is 0 Å². The van der Waals surface area contributed by atoms with Gasteiger partial charge in [0.05, 0.1) is 19.7 Å². The van der Waals surface area contributed by atoms with Crippen LogP contribution >= 0.6 is 0 Å². The molecule has 3 N–H and O–H groups in total. The Balaban J connectivity index is 1.97. The summed E-state index contributed by atoms with van der Waals surface area (Å²) >= 11 is 0. The fourth-order valence-electron chi connectivity index (χ4n) is 2.63. The third kappa shape index (κ3) is 4.29. The first-order chi connectivity index (χ1) is 10.5. The predicted octanol–water partition coefficient (Wildman–Crippen LogP) is -1.87. The highest BCUT2D eigenvalue weighted by Gasteiger charge is 2.22. The van der Waals surface area contributed by atoms with Gasteiger partial charge in [0.1, 0.15) is 26.2 Å². The number of anilines is 1. The van der Waals surface area contributed by atoms with E-state index in [9.17, 15) is 9.59 Å². The normalized spacial score (nSPS) is 21.2. The second-order valence-electron chi connectivity index (χ2n) is 5.95. The molecule has 1 aromatic rings. The summed E-state index contributed by atoms with van der Waals surface area (Å²) in [7, 11) is 3.53. The van der Waals surface area contributed by atoms with Crippen molar-refractivity contribution < 1.29 is 24.1 Å². The Bertz CT molecular complexity index is 552. The average Bonchev–Trinajstić information content (AvgIpc) is 2.51. The number of ether oxygens (including phenoxy) is 1. The van der Waals surface area contributed by atoms with Crippen molar-refractivity contribution >= 4 is 17.6 Å². The molecular formula is C16H25N3O3+2. The monoisotopic (exact) mass is 307 g/mol. The van der Waals surface area contributed by atoms with Crippen molar-refractivity contribution in [1.29, 1.82) is 0 Å². The lowest BCUT2D eigenvalue weighted by molar-refractivity contribution is -0.999. The largest absolute Gasteiger partial charge is 0.465 e. The highest BCUT2D eigenvalue weighted by molar-refractivity contribution is 5.95. The number of piperazine rings is 1. The van der Waals surface area contributed by atoms with Crippen LogP contribution in [0.2, 0.25) is 0 Å². The Hall–Kier alpha value is -1.92. The molecule has 120 valence electrons. The molecule has 1 heterocycles. The van der Waals surface area contributed by atoms with Crippen molar-refractivity contribution in [3.05, 3.63) is 29.3 Å². The molecule has 0 radical (unpaired) electrons. The number of likely N-dealkylation sites (N-methyl/N-ethyl adjacent to an activating group) is 1. The lowest BCUT2D eigenvalue weighted by Crippen LogP contribution is -3.27. The number of carbonyl (C=O) groups is 2. The van der Waals surface area contributed by atoms with Gasteiger partial charge in [-0.1, -0.05) is 6.07 Å². The molecule has 0 unspecified atom stereocenters. The maximum Gasteiger partial charge on any atom is 0.337 e. The van der Waals surface area contributed by atoms with Crippen molar-refractivity contribution in [3.63, 3.8) is 0 Å². The van der Waals surface area contributed by atoms with Gasteiger partial charge in [0, 0.05) is 5.69 Å². The van der Waals surface area contributed by atoms with Gasteiger partial charge >= 0.3 is 5.97 Å². The third-order valence-electron chi connectivity index (χ3n) is 4.15. The number of esters is 1. The number of hydrogen-bond acceptors (Lipinski definition) is 3. The van der Waals surface area contributed by atoms with Crippen LogP contribution in [0.4, 0.5) is 5.69 Å². The quantitative estimate of drug-likeness (QED) is 0.571. The fraction of sp³-hybridized carbons (Fsp3) is 0.500. The minimum Gasteiger partial charge on any atom is -0.465 e. The fourth-order valence-corrected chi connectivity index (χ4v) is 2.63. The van der Waals surface area contributed by atoms with Gasteiger partial charge in [-0.25, -0.2) is 4.79 Å². The zero-order valence-electron chi connectivity index (χ0n) is 13.5. The second kappa shape index (κ2) is 7.38. The van der Waals surface area contributed by atoms with Crippen LogP contribution in [0, 0.1) is 6.92 Å². The molecule has 1 aliphatic rings. The first kappa shape index (κ1) is 16.5. The number of amides is 1. The van der Waals surface area contributed by atoms with Crippen molar-refractivity contribution in [3.8, 4) is 0 Å². The summed E-state index contributed by atoms with van der Waals surface area (Å²) in [5, 5.41) is 2.91. The van der Waals surface area contributed by atoms with Crippen LogP contribution in [0.25, 0.3) is 0 Å². The Morgan fingerprint density at radius 1 is 1.23 bits per heavy atom. The smallest absolute Gasteiger partial charge is 0.337 e. The molecule has 22 heavy (non-hydrogen) atoms. The number of aryl methyl sites for hydroxylation is 1. The maximum atomic E-state index is 12.2. The molecule has 0 saturated carbocycles. The van der Waals surface area contributed by atoms with Crippen LogP contribution in [0.15, 0.2) is 18.2 Å². The lowest BCUT2D eigenvalue weighted by atomic mass is 10.1. The molecule has 1 aliphatic heterocycles. The van der Waals surface area contributed by atoms with E-state index in [1.165, 1.54) is 16.9 Å². The van der Waals surface area contributed by atoms with Gasteiger partial charge < -0.3 is 19.9 Å². The number of hydrogen-bond donors (Lipinski definition) is 3. The van der Waals surface area contributed by atoms with Crippen LogP contribution in [-0.4, -0.2) is 58.8 Å².